The van der Waals surface area contributed by atoms with E-state index in [9.17, 15) is 0 Å². The number of anilines is 2. The van der Waals surface area contributed by atoms with Gasteiger partial charge in [0.05, 0.1) is 6.54 Å². The molecule has 0 aliphatic heterocycles. The normalized spacial score (nSPS) is 10.3. The molecule has 2 N–H and O–H groups in total. The van der Waals surface area contributed by atoms with E-state index in [4.69, 9.17) is 5.73 Å². The van der Waals surface area contributed by atoms with Crippen LogP contribution in [0.4, 0.5) is 10.8 Å². The van der Waals surface area contributed by atoms with Crippen molar-refractivity contribution < 1.29 is 0 Å². The highest BCUT2D eigenvalue weighted by Crippen LogP contribution is 2.23. The van der Waals surface area contributed by atoms with Gasteiger partial charge in [-0.3, -0.25) is 0 Å². The average Bonchev–Trinajstić information content (AvgIpc) is 2.75. The van der Waals surface area contributed by atoms with Gasteiger partial charge < -0.3 is 10.6 Å². The number of nitrogen functional groups attached to an aromatic ring is 1. The molecule has 19 heavy (non-hydrogen) atoms. The Hall–Kier alpha value is -1.26. The Morgan fingerprint density at radius 2 is 2.11 bits per heavy atom. The monoisotopic (exact) mass is 297 g/mol. The molecule has 0 bridgehead atoms. The predicted octanol–water partition coefficient (Wildman–Crippen LogP) is 3.91. The molecule has 0 aliphatic rings. The summed E-state index contributed by atoms with van der Waals surface area (Å²) in [7, 11) is 2.09. The third-order valence-corrected chi connectivity index (χ3v) is 3.75. The topological polar surface area (TPSA) is 42.2 Å². The highest BCUT2D eigenvalue weighted by molar-refractivity contribution is 7.15. The third-order valence-electron chi connectivity index (χ3n) is 2.94. The molecule has 2 aromatic rings. The number of nitrogens with zero attached hydrogens (tertiary/aromatic N) is 2. The van der Waals surface area contributed by atoms with Gasteiger partial charge in [0.1, 0.15) is 0 Å². The van der Waals surface area contributed by atoms with Gasteiger partial charge in [0.15, 0.2) is 5.13 Å². The van der Waals surface area contributed by atoms with Crippen molar-refractivity contribution >= 4 is 34.6 Å². The van der Waals surface area contributed by atoms with Crippen LogP contribution in [0.5, 0.6) is 0 Å². The second kappa shape index (κ2) is 6.78. The molecule has 2 rings (SSSR count). The van der Waals surface area contributed by atoms with Crippen LogP contribution in [0, 0.1) is 0 Å². The Kier molecular flexibility index (Phi) is 5.63. The Balaban J connectivity index is 0.00000180. The molecule has 0 spiro atoms. The summed E-state index contributed by atoms with van der Waals surface area (Å²) in [5.74, 6) is 0.553. The van der Waals surface area contributed by atoms with Crippen molar-refractivity contribution in [1.29, 1.82) is 0 Å². The maximum atomic E-state index is 5.65. The summed E-state index contributed by atoms with van der Waals surface area (Å²) in [6.45, 7) is 5.27. The average molecular weight is 298 g/mol. The minimum absolute atomic E-state index is 0. The lowest BCUT2D eigenvalue weighted by Gasteiger charge is -2.19. The van der Waals surface area contributed by atoms with Crippen molar-refractivity contribution in [3.8, 4) is 0 Å². The maximum absolute atomic E-state index is 5.65. The van der Waals surface area contributed by atoms with E-state index in [1.165, 1.54) is 16.1 Å². The molecule has 1 heterocycles. The van der Waals surface area contributed by atoms with Gasteiger partial charge in [-0.1, -0.05) is 26.0 Å². The van der Waals surface area contributed by atoms with Gasteiger partial charge in [-0.25, -0.2) is 4.98 Å². The number of thiazole rings is 1. The first kappa shape index (κ1) is 15.8. The van der Waals surface area contributed by atoms with Gasteiger partial charge >= 0.3 is 0 Å². The van der Waals surface area contributed by atoms with Crippen molar-refractivity contribution in [3.63, 3.8) is 0 Å². The van der Waals surface area contributed by atoms with Crippen LogP contribution >= 0.6 is 23.7 Å². The van der Waals surface area contributed by atoms with Gasteiger partial charge in [-0.05, 0) is 23.6 Å². The summed E-state index contributed by atoms with van der Waals surface area (Å²) >= 11 is 1.55. The predicted molar refractivity (Wildman–Crippen MR) is 86.4 cm³/mol. The van der Waals surface area contributed by atoms with E-state index >= 15 is 0 Å². The number of benzene rings is 1. The summed E-state index contributed by atoms with van der Waals surface area (Å²) in [5, 5.41) is 0.634. The second-order valence-electron chi connectivity index (χ2n) is 4.77. The van der Waals surface area contributed by atoms with Crippen LogP contribution < -0.4 is 10.6 Å². The van der Waals surface area contributed by atoms with Gasteiger partial charge in [-0.15, -0.1) is 23.7 Å². The molecular formula is C14H20ClN3S. The highest BCUT2D eigenvalue weighted by Gasteiger charge is 2.07. The van der Waals surface area contributed by atoms with E-state index in [0.29, 0.717) is 11.0 Å². The largest absolute Gasteiger partial charge is 0.375 e. The molecule has 5 heteroatoms. The van der Waals surface area contributed by atoms with E-state index < -0.39 is 0 Å². The highest BCUT2D eigenvalue weighted by atomic mass is 35.5. The minimum atomic E-state index is 0. The Bertz CT molecular complexity index is 525. The quantitative estimate of drug-likeness (QED) is 0.930. The van der Waals surface area contributed by atoms with E-state index in [0.717, 1.165) is 6.54 Å². The van der Waals surface area contributed by atoms with E-state index in [1.807, 2.05) is 6.20 Å². The standard InChI is InChI=1S/C14H19N3S.ClH/c1-10(2)11-5-4-6-12(7-11)17(3)9-13-8-16-14(15)18-13;/h4-8,10H,9H2,1-3H3,(H2,15,16);1H. The summed E-state index contributed by atoms with van der Waals surface area (Å²) < 4.78 is 0. The smallest absolute Gasteiger partial charge is 0.180 e. The van der Waals surface area contributed by atoms with Crippen LogP contribution in [0.2, 0.25) is 0 Å². The molecular weight excluding hydrogens is 278 g/mol. The minimum Gasteiger partial charge on any atom is -0.375 e. The SMILES string of the molecule is CC(C)c1cccc(N(C)Cc2cnc(N)s2)c1.Cl. The molecule has 104 valence electrons. The van der Waals surface area contributed by atoms with Gasteiger partial charge in [0.2, 0.25) is 0 Å². The summed E-state index contributed by atoms with van der Waals surface area (Å²) in [6, 6.07) is 8.67. The number of halogens is 1. The first-order valence-corrected chi connectivity index (χ1v) is 6.89. The van der Waals surface area contributed by atoms with Crippen molar-refractivity contribution in [2.45, 2.75) is 26.3 Å². The number of nitrogens with two attached hydrogens (primary N) is 1. The number of hydrogen-bond acceptors (Lipinski definition) is 4. The lowest BCUT2D eigenvalue weighted by molar-refractivity contribution is 0.860. The fraction of sp³-hybridized carbons (Fsp3) is 0.357. The summed E-state index contributed by atoms with van der Waals surface area (Å²) in [5.41, 5.74) is 8.24. The first-order valence-electron chi connectivity index (χ1n) is 6.07. The number of aromatic nitrogens is 1. The zero-order valence-electron chi connectivity index (χ0n) is 11.5. The van der Waals surface area contributed by atoms with Crippen molar-refractivity contribution in [1.82, 2.24) is 4.98 Å². The lowest BCUT2D eigenvalue weighted by Crippen LogP contribution is -2.15. The second-order valence-corrected chi connectivity index (χ2v) is 5.92. The van der Waals surface area contributed by atoms with Gasteiger partial charge in [0.25, 0.3) is 0 Å². The van der Waals surface area contributed by atoms with Crippen LogP contribution in [0.1, 0.15) is 30.2 Å². The fourth-order valence-electron chi connectivity index (χ4n) is 1.84. The van der Waals surface area contributed by atoms with Gasteiger partial charge in [-0.2, -0.15) is 0 Å². The molecule has 0 unspecified atom stereocenters. The molecule has 1 aromatic carbocycles. The molecule has 0 radical (unpaired) electrons. The maximum Gasteiger partial charge on any atom is 0.180 e. The summed E-state index contributed by atoms with van der Waals surface area (Å²) in [6.07, 6.45) is 1.85. The first-order chi connectivity index (χ1) is 8.56. The van der Waals surface area contributed by atoms with Crippen LogP contribution in [0.3, 0.4) is 0 Å². The van der Waals surface area contributed by atoms with Crippen LogP contribution in [0.25, 0.3) is 0 Å². The summed E-state index contributed by atoms with van der Waals surface area (Å²) in [4.78, 5) is 7.48. The Morgan fingerprint density at radius 1 is 1.37 bits per heavy atom. The zero-order valence-corrected chi connectivity index (χ0v) is 13.1. The van der Waals surface area contributed by atoms with E-state index in [2.05, 4.69) is 55.0 Å². The van der Waals surface area contributed by atoms with E-state index in [-0.39, 0.29) is 12.4 Å². The molecule has 0 amide bonds. The van der Waals surface area contributed by atoms with Crippen LogP contribution in [0.15, 0.2) is 30.5 Å². The van der Waals surface area contributed by atoms with Crippen molar-refractivity contribution in [2.24, 2.45) is 0 Å². The third kappa shape index (κ3) is 4.11. The lowest BCUT2D eigenvalue weighted by atomic mass is 10.0. The van der Waals surface area contributed by atoms with Crippen molar-refractivity contribution in [3.05, 3.63) is 40.9 Å². The molecule has 0 aliphatic carbocycles. The molecule has 1 aromatic heterocycles. The Morgan fingerprint density at radius 3 is 2.68 bits per heavy atom. The molecule has 0 atom stereocenters. The van der Waals surface area contributed by atoms with E-state index in [1.54, 1.807) is 11.3 Å². The Labute approximate surface area is 124 Å². The number of hydrogen-bond donors (Lipinski definition) is 1. The molecule has 0 fully saturated rings. The van der Waals surface area contributed by atoms with Crippen molar-refractivity contribution in [2.75, 3.05) is 17.7 Å². The van der Waals surface area contributed by atoms with Gasteiger partial charge in [0, 0.05) is 23.8 Å². The van der Waals surface area contributed by atoms with Crippen LogP contribution in [-0.2, 0) is 6.54 Å². The molecule has 0 saturated carbocycles. The molecule has 3 nitrogen and oxygen atoms in total. The van der Waals surface area contributed by atoms with Crippen LogP contribution in [-0.4, -0.2) is 12.0 Å². The number of rotatable bonds is 4. The fourth-order valence-corrected chi connectivity index (χ4v) is 2.58. The molecule has 0 saturated heterocycles. The zero-order chi connectivity index (χ0) is 13.1.